The number of amides is 1. The molecule has 0 N–H and O–H groups in total. The zero-order valence-electron chi connectivity index (χ0n) is 18.9. The number of anilines is 1. The van der Waals surface area contributed by atoms with Gasteiger partial charge in [-0.1, -0.05) is 0 Å². The number of carbonyl (C=O) groups excluding carboxylic acids is 1. The molecule has 4 rings (SSSR count). The first-order valence-electron chi connectivity index (χ1n) is 10.9. The van der Waals surface area contributed by atoms with Crippen LogP contribution in [0.5, 0.6) is 11.5 Å². The Balaban J connectivity index is 1.49. The zero-order chi connectivity index (χ0) is 23.4. The molecule has 2 saturated heterocycles. The molecule has 0 aromatic heterocycles. The highest BCUT2D eigenvalue weighted by atomic mass is 32.2. The monoisotopic (exact) mass is 475 g/mol. The topological polar surface area (TPSA) is 88.6 Å². The van der Waals surface area contributed by atoms with E-state index in [1.807, 2.05) is 24.3 Å². The molecule has 2 fully saturated rings. The average Bonchev–Trinajstić information content (AvgIpc) is 2.88. The fourth-order valence-electron chi connectivity index (χ4n) is 4.08. The number of carbonyl (C=O) groups is 1. The van der Waals surface area contributed by atoms with E-state index in [4.69, 9.17) is 14.2 Å². The smallest absolute Gasteiger partial charge is 0.254 e. The summed E-state index contributed by atoms with van der Waals surface area (Å²) in [5.74, 6) is 0.836. The zero-order valence-corrected chi connectivity index (χ0v) is 19.7. The van der Waals surface area contributed by atoms with Gasteiger partial charge in [0.1, 0.15) is 16.4 Å². The van der Waals surface area contributed by atoms with Gasteiger partial charge >= 0.3 is 0 Å². The van der Waals surface area contributed by atoms with E-state index < -0.39 is 10.0 Å². The number of nitrogens with zero attached hydrogens (tertiary/aromatic N) is 3. The van der Waals surface area contributed by atoms with Gasteiger partial charge in [-0.2, -0.15) is 4.31 Å². The maximum absolute atomic E-state index is 13.2. The minimum absolute atomic E-state index is 0.00891. The largest absolute Gasteiger partial charge is 0.497 e. The second-order valence-corrected chi connectivity index (χ2v) is 9.77. The highest BCUT2D eigenvalue weighted by molar-refractivity contribution is 7.89. The second-order valence-electron chi connectivity index (χ2n) is 7.86. The molecular formula is C23H29N3O6S. The summed E-state index contributed by atoms with van der Waals surface area (Å²) in [6, 6.07) is 12.4. The Morgan fingerprint density at radius 1 is 0.879 bits per heavy atom. The maximum Gasteiger partial charge on any atom is 0.254 e. The third-order valence-corrected chi connectivity index (χ3v) is 7.92. The minimum atomic E-state index is -3.80. The van der Waals surface area contributed by atoms with E-state index in [0.717, 1.165) is 11.4 Å². The molecule has 9 nitrogen and oxygen atoms in total. The van der Waals surface area contributed by atoms with Crippen LogP contribution in [-0.2, 0) is 14.8 Å². The van der Waals surface area contributed by atoms with E-state index >= 15 is 0 Å². The third kappa shape index (κ3) is 4.92. The van der Waals surface area contributed by atoms with Gasteiger partial charge in [0.15, 0.2) is 0 Å². The molecule has 0 spiro atoms. The molecular weight excluding hydrogens is 446 g/mol. The van der Waals surface area contributed by atoms with Crippen molar-refractivity contribution in [1.29, 1.82) is 0 Å². The quantitative estimate of drug-likeness (QED) is 0.628. The van der Waals surface area contributed by atoms with Gasteiger partial charge in [-0.15, -0.1) is 0 Å². The van der Waals surface area contributed by atoms with E-state index in [2.05, 4.69) is 4.90 Å². The first kappa shape index (κ1) is 23.3. The number of methoxy groups -OCH3 is 2. The van der Waals surface area contributed by atoms with Crippen molar-refractivity contribution in [3.8, 4) is 11.5 Å². The molecule has 10 heteroatoms. The number of hydrogen-bond donors (Lipinski definition) is 0. The fourth-order valence-corrected chi connectivity index (χ4v) is 5.67. The van der Waals surface area contributed by atoms with Gasteiger partial charge in [0.25, 0.3) is 5.91 Å². The highest BCUT2D eigenvalue weighted by Crippen LogP contribution is 2.29. The van der Waals surface area contributed by atoms with Crippen molar-refractivity contribution in [1.82, 2.24) is 9.21 Å². The molecule has 0 unspecified atom stereocenters. The molecule has 2 aliphatic heterocycles. The number of benzene rings is 2. The lowest BCUT2D eigenvalue weighted by Gasteiger charge is -2.36. The normalized spacial score (nSPS) is 17.6. The second kappa shape index (κ2) is 9.98. The van der Waals surface area contributed by atoms with Crippen molar-refractivity contribution < 1.29 is 27.4 Å². The highest BCUT2D eigenvalue weighted by Gasteiger charge is 2.31. The molecule has 178 valence electrons. The molecule has 2 heterocycles. The molecule has 2 aromatic rings. The predicted octanol–water partition coefficient (Wildman–Crippen LogP) is 1.69. The number of ether oxygens (including phenoxy) is 3. The average molecular weight is 476 g/mol. The predicted molar refractivity (Wildman–Crippen MR) is 124 cm³/mol. The lowest BCUT2D eigenvalue weighted by atomic mass is 10.1. The van der Waals surface area contributed by atoms with Gasteiger partial charge in [0.2, 0.25) is 10.0 Å². The third-order valence-electron chi connectivity index (χ3n) is 6.00. The first-order chi connectivity index (χ1) is 15.9. The van der Waals surface area contributed by atoms with E-state index in [-0.39, 0.29) is 29.6 Å². The van der Waals surface area contributed by atoms with Crippen LogP contribution in [0.1, 0.15) is 10.4 Å². The number of piperazine rings is 1. The summed E-state index contributed by atoms with van der Waals surface area (Å²) in [6.45, 7) is 3.70. The molecule has 33 heavy (non-hydrogen) atoms. The molecule has 0 aliphatic carbocycles. The Bertz CT molecular complexity index is 1080. The van der Waals surface area contributed by atoms with E-state index in [0.29, 0.717) is 45.0 Å². The Kier molecular flexibility index (Phi) is 7.06. The van der Waals surface area contributed by atoms with Crippen molar-refractivity contribution >= 4 is 21.6 Å². The number of rotatable bonds is 6. The van der Waals surface area contributed by atoms with Crippen molar-refractivity contribution in [2.24, 2.45) is 0 Å². The summed E-state index contributed by atoms with van der Waals surface area (Å²) >= 11 is 0. The van der Waals surface area contributed by atoms with Crippen molar-refractivity contribution in [2.45, 2.75) is 4.90 Å². The van der Waals surface area contributed by atoms with Crippen molar-refractivity contribution in [2.75, 3.05) is 71.6 Å². The summed E-state index contributed by atoms with van der Waals surface area (Å²) in [5.41, 5.74) is 1.41. The van der Waals surface area contributed by atoms with Crippen LogP contribution in [0.15, 0.2) is 47.4 Å². The van der Waals surface area contributed by atoms with Crippen LogP contribution in [0, 0.1) is 0 Å². The van der Waals surface area contributed by atoms with Gasteiger partial charge < -0.3 is 24.0 Å². The van der Waals surface area contributed by atoms with Crippen LogP contribution < -0.4 is 14.4 Å². The number of morpholine rings is 1. The van der Waals surface area contributed by atoms with Crippen LogP contribution in [-0.4, -0.2) is 90.2 Å². The molecule has 2 aliphatic rings. The Morgan fingerprint density at radius 3 is 2.15 bits per heavy atom. The van der Waals surface area contributed by atoms with Crippen LogP contribution in [0.4, 0.5) is 5.69 Å². The SMILES string of the molecule is COc1ccc(N2CCN(C(=O)c3ccc(OC)c(S(=O)(=O)N4CCOCC4)c3)CC2)cc1. The standard InChI is InChI=1S/C23H29N3O6S/c1-30-20-6-4-19(5-7-20)24-9-11-25(12-10-24)23(27)18-3-8-21(31-2)22(17-18)33(28,29)26-13-15-32-16-14-26/h3-8,17H,9-16H2,1-2H3. The van der Waals surface area contributed by atoms with Crippen molar-refractivity contribution in [3.63, 3.8) is 0 Å². The number of hydrogen-bond acceptors (Lipinski definition) is 7. The van der Waals surface area contributed by atoms with Crippen LogP contribution in [0.3, 0.4) is 0 Å². The summed E-state index contributed by atoms with van der Waals surface area (Å²) in [5, 5.41) is 0. The molecule has 0 atom stereocenters. The van der Waals surface area contributed by atoms with Crippen LogP contribution in [0.2, 0.25) is 0 Å². The summed E-state index contributed by atoms with van der Waals surface area (Å²) in [4.78, 5) is 17.2. The van der Waals surface area contributed by atoms with Crippen molar-refractivity contribution in [3.05, 3.63) is 48.0 Å². The maximum atomic E-state index is 13.2. The Morgan fingerprint density at radius 2 is 1.55 bits per heavy atom. The van der Waals surface area contributed by atoms with Crippen LogP contribution >= 0.6 is 0 Å². The van der Waals surface area contributed by atoms with Gasteiger partial charge in [-0.3, -0.25) is 4.79 Å². The number of sulfonamides is 1. The van der Waals surface area contributed by atoms with Gasteiger partial charge in [0.05, 0.1) is 27.4 Å². The molecule has 0 bridgehead atoms. The Hall–Kier alpha value is -2.82. The summed E-state index contributed by atoms with van der Waals surface area (Å²) < 4.78 is 43.6. The van der Waals surface area contributed by atoms with E-state index in [9.17, 15) is 13.2 Å². The summed E-state index contributed by atoms with van der Waals surface area (Å²) in [6.07, 6.45) is 0. The van der Waals surface area contributed by atoms with E-state index in [1.165, 1.54) is 17.5 Å². The molecule has 0 saturated carbocycles. The lowest BCUT2D eigenvalue weighted by molar-refractivity contribution is 0.0728. The van der Waals surface area contributed by atoms with Gasteiger partial charge in [-0.05, 0) is 42.5 Å². The first-order valence-corrected chi connectivity index (χ1v) is 12.3. The fraction of sp³-hybridized carbons (Fsp3) is 0.435. The molecule has 1 amide bonds. The minimum Gasteiger partial charge on any atom is -0.497 e. The van der Waals surface area contributed by atoms with Gasteiger partial charge in [-0.25, -0.2) is 8.42 Å². The molecule has 2 aromatic carbocycles. The Labute approximate surface area is 194 Å². The lowest BCUT2D eigenvalue weighted by Crippen LogP contribution is -2.48. The van der Waals surface area contributed by atoms with Crippen LogP contribution in [0.25, 0.3) is 0 Å². The van der Waals surface area contributed by atoms with E-state index in [1.54, 1.807) is 24.1 Å². The molecule has 0 radical (unpaired) electrons. The van der Waals surface area contributed by atoms with Gasteiger partial charge in [0, 0.05) is 50.5 Å². The summed E-state index contributed by atoms with van der Waals surface area (Å²) in [7, 11) is -0.744.